The van der Waals surface area contributed by atoms with E-state index < -0.39 is 12.2 Å². The molecule has 0 amide bonds. The Morgan fingerprint density at radius 2 is 2.10 bits per heavy atom. The molecular weight excluding hydrogens is 267 g/mol. The van der Waals surface area contributed by atoms with E-state index >= 15 is 0 Å². The summed E-state index contributed by atoms with van der Waals surface area (Å²) in [5, 5.41) is 10.7. The van der Waals surface area contributed by atoms with Crippen molar-refractivity contribution in [1.29, 1.82) is 0 Å². The molecule has 1 aromatic carbocycles. The van der Waals surface area contributed by atoms with Crippen LogP contribution in [-0.2, 0) is 0 Å². The highest BCUT2D eigenvalue weighted by Crippen LogP contribution is 2.36. The summed E-state index contributed by atoms with van der Waals surface area (Å²) in [7, 11) is 0. The van der Waals surface area contributed by atoms with Crippen molar-refractivity contribution < 1.29 is 13.2 Å². The molecule has 0 spiro atoms. The van der Waals surface area contributed by atoms with Gasteiger partial charge in [0.15, 0.2) is 0 Å². The first-order valence-corrected chi connectivity index (χ1v) is 6.70. The minimum Gasteiger partial charge on any atom is -0.306 e. The van der Waals surface area contributed by atoms with Crippen LogP contribution >= 0.6 is 0 Å². The lowest BCUT2D eigenvalue weighted by Crippen LogP contribution is -2.47. The number of nitrogens with one attached hydrogen (secondary N) is 2. The van der Waals surface area contributed by atoms with E-state index in [9.17, 15) is 13.2 Å². The van der Waals surface area contributed by atoms with E-state index in [2.05, 4.69) is 15.5 Å². The fourth-order valence-electron chi connectivity index (χ4n) is 2.87. The second-order valence-corrected chi connectivity index (χ2v) is 5.43. The first-order chi connectivity index (χ1) is 9.45. The molecule has 1 fully saturated rings. The van der Waals surface area contributed by atoms with Gasteiger partial charge in [-0.2, -0.15) is 18.3 Å². The van der Waals surface area contributed by atoms with Gasteiger partial charge in [0.25, 0.3) is 0 Å². The molecule has 0 radical (unpaired) electrons. The number of aromatic nitrogens is 2. The van der Waals surface area contributed by atoms with Gasteiger partial charge in [0.2, 0.25) is 0 Å². The van der Waals surface area contributed by atoms with Crippen LogP contribution in [0, 0.1) is 6.92 Å². The highest BCUT2D eigenvalue weighted by Gasteiger charge is 2.43. The van der Waals surface area contributed by atoms with Crippen molar-refractivity contribution >= 4 is 10.9 Å². The van der Waals surface area contributed by atoms with Gasteiger partial charge in [-0.25, -0.2) is 0 Å². The number of alkyl halides is 3. The highest BCUT2D eigenvalue weighted by molar-refractivity contribution is 5.82. The number of fused-ring (bicyclic) bond motifs is 1. The first kappa shape index (κ1) is 13.4. The van der Waals surface area contributed by atoms with Gasteiger partial charge in [-0.15, -0.1) is 0 Å². The molecule has 2 N–H and O–H groups in total. The van der Waals surface area contributed by atoms with Gasteiger partial charge in [0, 0.05) is 11.3 Å². The monoisotopic (exact) mass is 283 g/mol. The molecule has 1 saturated heterocycles. The van der Waals surface area contributed by atoms with E-state index in [1.54, 1.807) is 0 Å². The standard InChI is InChI=1S/C14H16F3N3/c1-8-2-3-11-10(6-8)13(20-19-11)9-4-5-18-12(7-9)14(15,16)17/h2-3,6,9,12,18H,4-5,7H2,1H3,(H,19,20). The van der Waals surface area contributed by atoms with E-state index in [0.717, 1.165) is 22.2 Å². The third kappa shape index (κ3) is 2.40. The molecule has 3 rings (SSSR count). The number of nitrogens with zero attached hydrogens (tertiary/aromatic N) is 1. The molecular formula is C14H16F3N3. The molecule has 2 heterocycles. The maximum absolute atomic E-state index is 12.8. The number of benzene rings is 1. The summed E-state index contributed by atoms with van der Waals surface area (Å²) in [4.78, 5) is 0. The van der Waals surface area contributed by atoms with Crippen LogP contribution in [0.1, 0.15) is 30.0 Å². The minimum atomic E-state index is -4.19. The van der Waals surface area contributed by atoms with Crippen LogP contribution in [0.4, 0.5) is 13.2 Å². The maximum Gasteiger partial charge on any atom is 0.403 e. The van der Waals surface area contributed by atoms with Gasteiger partial charge in [-0.05, 0) is 38.4 Å². The van der Waals surface area contributed by atoms with Crippen molar-refractivity contribution in [2.75, 3.05) is 6.54 Å². The molecule has 2 aromatic rings. The Morgan fingerprint density at radius 1 is 1.30 bits per heavy atom. The number of H-pyrrole nitrogens is 1. The van der Waals surface area contributed by atoms with Gasteiger partial charge in [-0.1, -0.05) is 11.6 Å². The van der Waals surface area contributed by atoms with Crippen molar-refractivity contribution in [3.63, 3.8) is 0 Å². The van der Waals surface area contributed by atoms with Crippen molar-refractivity contribution in [3.05, 3.63) is 29.5 Å². The van der Waals surface area contributed by atoms with Crippen molar-refractivity contribution in [1.82, 2.24) is 15.5 Å². The summed E-state index contributed by atoms with van der Waals surface area (Å²) in [6.07, 6.45) is -3.46. The normalized spacial score (nSPS) is 24.2. The van der Waals surface area contributed by atoms with E-state index in [0.29, 0.717) is 13.0 Å². The molecule has 20 heavy (non-hydrogen) atoms. The van der Waals surface area contributed by atoms with Gasteiger partial charge < -0.3 is 5.32 Å². The van der Waals surface area contributed by atoms with Gasteiger partial charge in [0.05, 0.1) is 11.2 Å². The van der Waals surface area contributed by atoms with Crippen LogP contribution in [-0.4, -0.2) is 29.0 Å². The zero-order valence-corrected chi connectivity index (χ0v) is 11.1. The van der Waals surface area contributed by atoms with Crippen LogP contribution in [0.2, 0.25) is 0 Å². The Bertz CT molecular complexity index is 618. The Balaban J connectivity index is 1.92. The Morgan fingerprint density at radius 3 is 2.85 bits per heavy atom. The van der Waals surface area contributed by atoms with Gasteiger partial charge >= 0.3 is 6.18 Å². The second-order valence-electron chi connectivity index (χ2n) is 5.43. The van der Waals surface area contributed by atoms with Crippen molar-refractivity contribution in [3.8, 4) is 0 Å². The summed E-state index contributed by atoms with van der Waals surface area (Å²) in [5.74, 6) is -0.154. The molecule has 0 aliphatic carbocycles. The van der Waals surface area contributed by atoms with Crippen molar-refractivity contribution in [2.24, 2.45) is 0 Å². The van der Waals surface area contributed by atoms with Crippen molar-refractivity contribution in [2.45, 2.75) is 37.9 Å². The average Bonchev–Trinajstić information content (AvgIpc) is 2.81. The lowest BCUT2D eigenvalue weighted by molar-refractivity contribution is -0.161. The fraction of sp³-hybridized carbons (Fsp3) is 0.500. The average molecular weight is 283 g/mol. The molecule has 2 unspecified atom stereocenters. The Hall–Kier alpha value is -1.56. The molecule has 1 aliphatic heterocycles. The summed E-state index contributed by atoms with van der Waals surface area (Å²) >= 11 is 0. The number of rotatable bonds is 1. The Kier molecular flexibility index (Phi) is 3.20. The van der Waals surface area contributed by atoms with Crippen LogP contribution < -0.4 is 5.32 Å². The number of hydrogen-bond donors (Lipinski definition) is 2. The predicted octanol–water partition coefficient (Wildman–Crippen LogP) is 3.27. The molecule has 1 aliphatic rings. The highest BCUT2D eigenvalue weighted by atomic mass is 19.4. The van der Waals surface area contributed by atoms with E-state index in [1.165, 1.54) is 0 Å². The smallest absolute Gasteiger partial charge is 0.306 e. The fourth-order valence-corrected chi connectivity index (χ4v) is 2.87. The van der Waals surface area contributed by atoms with Gasteiger partial charge in [-0.3, -0.25) is 5.10 Å². The number of halogens is 3. The van der Waals surface area contributed by atoms with E-state index in [1.807, 2.05) is 25.1 Å². The topological polar surface area (TPSA) is 40.7 Å². The molecule has 0 bridgehead atoms. The van der Waals surface area contributed by atoms with E-state index in [4.69, 9.17) is 0 Å². The molecule has 2 atom stereocenters. The minimum absolute atomic E-state index is 0.0530. The lowest BCUT2D eigenvalue weighted by atomic mass is 9.88. The molecule has 1 aromatic heterocycles. The van der Waals surface area contributed by atoms with Crippen LogP contribution in [0.25, 0.3) is 10.9 Å². The number of piperidine rings is 1. The number of aryl methyl sites for hydroxylation is 1. The molecule has 6 heteroatoms. The number of hydrogen-bond acceptors (Lipinski definition) is 2. The quantitative estimate of drug-likeness (QED) is 0.843. The third-order valence-corrected chi connectivity index (χ3v) is 3.93. The van der Waals surface area contributed by atoms with E-state index in [-0.39, 0.29) is 12.3 Å². The molecule has 108 valence electrons. The summed E-state index contributed by atoms with van der Waals surface area (Å²) in [6.45, 7) is 2.34. The second kappa shape index (κ2) is 4.77. The lowest BCUT2D eigenvalue weighted by Gasteiger charge is -2.31. The van der Waals surface area contributed by atoms with Crippen LogP contribution in [0.3, 0.4) is 0 Å². The predicted molar refractivity (Wildman–Crippen MR) is 70.7 cm³/mol. The summed E-state index contributed by atoms with van der Waals surface area (Å²) < 4.78 is 38.5. The maximum atomic E-state index is 12.8. The first-order valence-electron chi connectivity index (χ1n) is 6.70. The van der Waals surface area contributed by atoms with Crippen LogP contribution in [0.5, 0.6) is 0 Å². The zero-order chi connectivity index (χ0) is 14.3. The largest absolute Gasteiger partial charge is 0.403 e. The van der Waals surface area contributed by atoms with Crippen LogP contribution in [0.15, 0.2) is 18.2 Å². The summed E-state index contributed by atoms with van der Waals surface area (Å²) in [6, 6.07) is 4.44. The Labute approximate surface area is 114 Å². The zero-order valence-electron chi connectivity index (χ0n) is 11.1. The number of aromatic amines is 1. The van der Waals surface area contributed by atoms with Gasteiger partial charge in [0.1, 0.15) is 6.04 Å². The molecule has 3 nitrogen and oxygen atoms in total. The summed E-state index contributed by atoms with van der Waals surface area (Å²) in [5.41, 5.74) is 2.73. The SMILES string of the molecule is Cc1ccc2[nH]nc(C3CCNC(C(F)(F)F)C3)c2c1. The molecule has 0 saturated carbocycles. The third-order valence-electron chi connectivity index (χ3n) is 3.93.